The first-order chi connectivity index (χ1) is 18.3. The quantitative estimate of drug-likeness (QED) is 0.491. The van der Waals surface area contributed by atoms with Crippen LogP contribution in [0.4, 0.5) is 0 Å². The van der Waals surface area contributed by atoms with Crippen LogP contribution in [-0.4, -0.2) is 49.7 Å². The number of carbonyl (C=O) groups is 2. The maximum absolute atomic E-state index is 13.6. The Hall–Kier alpha value is -3.23. The molecular weight excluding hydrogens is 498 g/mol. The Morgan fingerprint density at radius 3 is 2.29 bits per heavy atom. The molecule has 0 bridgehead atoms. The average molecular weight is 534 g/mol. The maximum atomic E-state index is 13.6. The second-order valence-electron chi connectivity index (χ2n) is 10.5. The van der Waals surface area contributed by atoms with Gasteiger partial charge in [0.05, 0.1) is 10.8 Å². The van der Waals surface area contributed by atoms with Crippen LogP contribution in [0.1, 0.15) is 54.4 Å². The molecule has 1 aliphatic carbocycles. The third-order valence-electron chi connectivity index (χ3n) is 7.92. The third-order valence-corrected chi connectivity index (χ3v) is 9.85. The van der Waals surface area contributed by atoms with Crippen molar-refractivity contribution >= 4 is 32.6 Å². The number of fused-ring (bicyclic) bond motifs is 1. The van der Waals surface area contributed by atoms with Gasteiger partial charge in [-0.1, -0.05) is 67.4 Å². The maximum Gasteiger partial charge on any atom is 0.251 e. The van der Waals surface area contributed by atoms with Crippen molar-refractivity contribution in [3.8, 4) is 0 Å². The summed E-state index contributed by atoms with van der Waals surface area (Å²) in [7, 11) is -3.75. The molecule has 0 unspecified atom stereocenters. The summed E-state index contributed by atoms with van der Waals surface area (Å²) >= 11 is 0. The molecule has 2 N–H and O–H groups in total. The van der Waals surface area contributed by atoms with Crippen molar-refractivity contribution in [2.75, 3.05) is 13.1 Å². The Morgan fingerprint density at radius 2 is 1.50 bits per heavy atom. The van der Waals surface area contributed by atoms with Crippen molar-refractivity contribution in [1.29, 1.82) is 0 Å². The molecule has 1 heterocycles. The smallest absolute Gasteiger partial charge is 0.251 e. The minimum absolute atomic E-state index is 0.126. The lowest BCUT2D eigenvalue weighted by Gasteiger charge is -2.36. The first-order valence-electron chi connectivity index (χ1n) is 13.5. The lowest BCUT2D eigenvalue weighted by molar-refractivity contribution is -0.127. The summed E-state index contributed by atoms with van der Waals surface area (Å²) in [5.74, 6) is -0.688. The molecule has 3 aromatic carbocycles. The van der Waals surface area contributed by atoms with E-state index in [0.717, 1.165) is 36.6 Å². The van der Waals surface area contributed by atoms with E-state index in [9.17, 15) is 18.0 Å². The van der Waals surface area contributed by atoms with Gasteiger partial charge in [-0.3, -0.25) is 9.59 Å². The molecule has 3 aromatic rings. The average Bonchev–Trinajstić information content (AvgIpc) is 2.94. The second-order valence-corrected chi connectivity index (χ2v) is 12.4. The molecule has 38 heavy (non-hydrogen) atoms. The molecule has 2 amide bonds. The number of rotatable bonds is 6. The van der Waals surface area contributed by atoms with Gasteiger partial charge in [0.15, 0.2) is 0 Å². The van der Waals surface area contributed by atoms with Crippen LogP contribution < -0.4 is 10.6 Å². The van der Waals surface area contributed by atoms with Crippen LogP contribution in [0.3, 0.4) is 0 Å². The van der Waals surface area contributed by atoms with E-state index in [4.69, 9.17) is 0 Å². The largest absolute Gasteiger partial charge is 0.351 e. The summed E-state index contributed by atoms with van der Waals surface area (Å²) in [5, 5.41) is 7.88. The lowest BCUT2D eigenvalue weighted by Crippen LogP contribution is -2.55. The van der Waals surface area contributed by atoms with E-state index >= 15 is 0 Å². The standard InChI is InChI=1S/C30H35N3O4S/c1-21-10-2-4-14-24(21)30(35)32-27-17-7-6-16-26(27)31-29(34)23-13-9-19-33(20-23)38(36,37)28-18-8-12-22-11-3-5-15-25(22)28/h2-5,8,10-12,14-15,18,23,26-27H,6-7,9,13,16-17,19-20H2,1H3,(H,31,34)(H,32,35)/t23-,26-,27-/m1/s1. The summed E-state index contributed by atoms with van der Waals surface area (Å²) < 4.78 is 28.7. The minimum atomic E-state index is -3.75. The highest BCUT2D eigenvalue weighted by Crippen LogP contribution is 2.29. The molecule has 8 heteroatoms. The molecule has 0 radical (unpaired) electrons. The second kappa shape index (κ2) is 11.3. The van der Waals surface area contributed by atoms with E-state index in [1.807, 2.05) is 61.5 Å². The Morgan fingerprint density at radius 1 is 0.816 bits per heavy atom. The Labute approximate surface area is 224 Å². The molecule has 0 aromatic heterocycles. The molecule has 2 aliphatic rings. The monoisotopic (exact) mass is 533 g/mol. The summed E-state index contributed by atoms with van der Waals surface area (Å²) in [6.07, 6.45) is 4.82. The van der Waals surface area contributed by atoms with Crippen LogP contribution in [0.2, 0.25) is 0 Å². The fraction of sp³-hybridized carbons (Fsp3) is 0.400. The first-order valence-corrected chi connectivity index (χ1v) is 14.9. The molecule has 1 saturated heterocycles. The number of aryl methyl sites for hydroxylation is 1. The van der Waals surface area contributed by atoms with E-state index in [1.165, 1.54) is 4.31 Å². The summed E-state index contributed by atoms with van der Waals surface area (Å²) in [4.78, 5) is 26.6. The van der Waals surface area contributed by atoms with Crippen molar-refractivity contribution < 1.29 is 18.0 Å². The Bertz CT molecular complexity index is 1430. The fourth-order valence-corrected chi connectivity index (χ4v) is 7.52. The van der Waals surface area contributed by atoms with Crippen LogP contribution in [0.5, 0.6) is 0 Å². The van der Waals surface area contributed by atoms with Crippen molar-refractivity contribution in [3.05, 3.63) is 77.9 Å². The van der Waals surface area contributed by atoms with Gasteiger partial charge < -0.3 is 10.6 Å². The normalized spacial score (nSPS) is 22.6. The number of hydrogen-bond acceptors (Lipinski definition) is 4. The van der Waals surface area contributed by atoms with Crippen LogP contribution in [-0.2, 0) is 14.8 Å². The molecule has 1 aliphatic heterocycles. The highest BCUT2D eigenvalue weighted by molar-refractivity contribution is 7.89. The summed E-state index contributed by atoms with van der Waals surface area (Å²) in [6.45, 7) is 2.47. The van der Waals surface area contributed by atoms with E-state index in [1.54, 1.807) is 12.1 Å². The SMILES string of the molecule is Cc1ccccc1C(=O)N[C@@H]1CCCC[C@H]1NC(=O)[C@@H]1CCCN(S(=O)(=O)c2cccc3ccccc23)C1. The van der Waals surface area contributed by atoms with Gasteiger partial charge in [-0.15, -0.1) is 0 Å². The van der Waals surface area contributed by atoms with E-state index in [0.29, 0.717) is 30.3 Å². The number of nitrogens with one attached hydrogen (secondary N) is 2. The van der Waals surface area contributed by atoms with Crippen molar-refractivity contribution in [2.24, 2.45) is 5.92 Å². The summed E-state index contributed by atoms with van der Waals surface area (Å²) in [5.41, 5.74) is 1.56. The number of sulfonamides is 1. The fourth-order valence-electron chi connectivity index (χ4n) is 5.79. The minimum Gasteiger partial charge on any atom is -0.351 e. The number of piperidine rings is 1. The van der Waals surface area contributed by atoms with Gasteiger partial charge in [0.25, 0.3) is 5.91 Å². The van der Waals surface area contributed by atoms with Crippen LogP contribution in [0.15, 0.2) is 71.6 Å². The number of nitrogens with zero attached hydrogens (tertiary/aromatic N) is 1. The Balaban J connectivity index is 1.27. The van der Waals surface area contributed by atoms with Crippen LogP contribution in [0.25, 0.3) is 10.8 Å². The van der Waals surface area contributed by atoms with Gasteiger partial charge in [0.1, 0.15) is 0 Å². The topological polar surface area (TPSA) is 95.6 Å². The van der Waals surface area contributed by atoms with Gasteiger partial charge in [-0.2, -0.15) is 4.31 Å². The van der Waals surface area contributed by atoms with E-state index < -0.39 is 15.9 Å². The zero-order chi connectivity index (χ0) is 26.7. The molecule has 1 saturated carbocycles. The number of amides is 2. The zero-order valence-corrected chi connectivity index (χ0v) is 22.5. The van der Waals surface area contributed by atoms with Gasteiger partial charge >= 0.3 is 0 Å². The van der Waals surface area contributed by atoms with Crippen molar-refractivity contribution in [1.82, 2.24) is 14.9 Å². The van der Waals surface area contributed by atoms with E-state index in [-0.39, 0.29) is 35.3 Å². The zero-order valence-electron chi connectivity index (χ0n) is 21.7. The number of benzene rings is 3. The molecule has 3 atom stereocenters. The third kappa shape index (κ3) is 5.47. The highest BCUT2D eigenvalue weighted by Gasteiger charge is 2.36. The van der Waals surface area contributed by atoms with Gasteiger partial charge in [-0.25, -0.2) is 8.42 Å². The van der Waals surface area contributed by atoms with Crippen LogP contribution in [0, 0.1) is 12.8 Å². The van der Waals surface area contributed by atoms with Crippen molar-refractivity contribution in [3.63, 3.8) is 0 Å². The van der Waals surface area contributed by atoms with E-state index in [2.05, 4.69) is 10.6 Å². The van der Waals surface area contributed by atoms with Crippen molar-refractivity contribution in [2.45, 2.75) is 62.4 Å². The van der Waals surface area contributed by atoms with Gasteiger partial charge in [0.2, 0.25) is 15.9 Å². The first kappa shape index (κ1) is 26.4. The predicted octanol–water partition coefficient (Wildman–Crippen LogP) is 4.41. The Kier molecular flexibility index (Phi) is 7.81. The summed E-state index contributed by atoms with van der Waals surface area (Å²) in [6, 6.07) is 19.9. The van der Waals surface area contributed by atoms with Gasteiger partial charge in [0, 0.05) is 36.1 Å². The predicted molar refractivity (Wildman–Crippen MR) is 148 cm³/mol. The molecule has 7 nitrogen and oxygen atoms in total. The molecule has 200 valence electrons. The molecule has 5 rings (SSSR count). The van der Waals surface area contributed by atoms with Gasteiger partial charge in [-0.05, 0) is 55.7 Å². The molecular formula is C30H35N3O4S. The molecule has 2 fully saturated rings. The van der Waals surface area contributed by atoms with Crippen LogP contribution >= 0.6 is 0 Å². The number of hydrogen-bond donors (Lipinski definition) is 2. The number of carbonyl (C=O) groups excluding carboxylic acids is 2. The highest BCUT2D eigenvalue weighted by atomic mass is 32.2. The molecule has 0 spiro atoms. The lowest BCUT2D eigenvalue weighted by atomic mass is 9.89.